The van der Waals surface area contributed by atoms with E-state index in [9.17, 15) is 0 Å². The number of hydrogen-bond acceptors (Lipinski definition) is 2. The quantitative estimate of drug-likeness (QED) is 0.777. The first-order valence-corrected chi connectivity index (χ1v) is 7.33. The molecule has 3 aromatic rings. The van der Waals surface area contributed by atoms with E-state index in [4.69, 9.17) is 21.7 Å². The van der Waals surface area contributed by atoms with Crippen LogP contribution in [0.5, 0.6) is 0 Å². The molecular weight excluding hydrogens is 282 g/mol. The molecule has 1 heterocycles. The molecule has 1 N–H and O–H groups in total. The number of nitrogens with zero attached hydrogens (tertiary/aromatic N) is 1. The number of aromatic nitrogens is 1. The van der Waals surface area contributed by atoms with Gasteiger partial charge in [-0.25, -0.2) is 4.98 Å². The Hall–Kier alpha value is -1.90. The van der Waals surface area contributed by atoms with Gasteiger partial charge in [-0.15, -0.1) is 0 Å². The van der Waals surface area contributed by atoms with Crippen LogP contribution in [0.2, 0.25) is 5.02 Å². The summed E-state index contributed by atoms with van der Waals surface area (Å²) in [5, 5.41) is 10.9. The Labute approximate surface area is 129 Å². The van der Waals surface area contributed by atoms with E-state index < -0.39 is 0 Å². The summed E-state index contributed by atoms with van der Waals surface area (Å²) in [7, 11) is 0. The highest BCUT2D eigenvalue weighted by atomic mass is 35.5. The standard InChI is InChI=1S/C18H16ClNO/c1-12-10-18(14-4-2-3-5-16(14)19)20-17-7-6-13(8-9-21)11-15(12)17/h2-7,10-11,21H,8-9H2,1H3. The fraction of sp³-hybridized carbons (Fsp3) is 0.167. The molecule has 0 aliphatic rings. The van der Waals surface area contributed by atoms with E-state index in [0.29, 0.717) is 11.4 Å². The molecule has 0 atom stereocenters. The molecule has 2 aromatic carbocycles. The Balaban J connectivity index is 2.16. The first-order chi connectivity index (χ1) is 10.2. The van der Waals surface area contributed by atoms with Crippen molar-refractivity contribution < 1.29 is 5.11 Å². The second-order valence-electron chi connectivity index (χ2n) is 5.13. The van der Waals surface area contributed by atoms with Crippen LogP contribution in [0.1, 0.15) is 11.1 Å². The molecule has 3 heteroatoms. The Morgan fingerprint density at radius 1 is 1.10 bits per heavy atom. The summed E-state index contributed by atoms with van der Waals surface area (Å²) in [6.45, 7) is 2.24. The van der Waals surface area contributed by atoms with E-state index in [1.54, 1.807) is 0 Å². The first-order valence-electron chi connectivity index (χ1n) is 6.95. The zero-order valence-corrected chi connectivity index (χ0v) is 12.6. The summed E-state index contributed by atoms with van der Waals surface area (Å²) in [6.07, 6.45) is 0.668. The minimum atomic E-state index is 0.162. The fourth-order valence-electron chi connectivity index (χ4n) is 2.53. The van der Waals surface area contributed by atoms with Gasteiger partial charge in [0, 0.05) is 22.6 Å². The zero-order valence-electron chi connectivity index (χ0n) is 11.8. The van der Waals surface area contributed by atoms with E-state index >= 15 is 0 Å². The predicted octanol–water partition coefficient (Wildman–Crippen LogP) is 4.40. The molecular formula is C18H16ClNO. The summed E-state index contributed by atoms with van der Waals surface area (Å²) in [5.41, 5.74) is 5.07. The van der Waals surface area contributed by atoms with Gasteiger partial charge in [-0.2, -0.15) is 0 Å². The number of rotatable bonds is 3. The molecule has 0 unspecified atom stereocenters. The van der Waals surface area contributed by atoms with Gasteiger partial charge < -0.3 is 5.11 Å². The Morgan fingerprint density at radius 3 is 2.67 bits per heavy atom. The maximum Gasteiger partial charge on any atom is 0.0727 e. The highest BCUT2D eigenvalue weighted by Gasteiger charge is 2.08. The van der Waals surface area contributed by atoms with E-state index in [2.05, 4.69) is 19.1 Å². The second kappa shape index (κ2) is 5.84. The highest BCUT2D eigenvalue weighted by molar-refractivity contribution is 6.33. The second-order valence-corrected chi connectivity index (χ2v) is 5.54. The van der Waals surface area contributed by atoms with Crippen LogP contribution in [0.25, 0.3) is 22.2 Å². The fourth-order valence-corrected chi connectivity index (χ4v) is 2.77. The molecule has 2 nitrogen and oxygen atoms in total. The molecule has 0 bridgehead atoms. The number of hydrogen-bond donors (Lipinski definition) is 1. The van der Waals surface area contributed by atoms with Crippen molar-refractivity contribution in [2.45, 2.75) is 13.3 Å². The molecule has 0 radical (unpaired) electrons. The third-order valence-electron chi connectivity index (χ3n) is 3.63. The van der Waals surface area contributed by atoms with Gasteiger partial charge in [-0.05, 0) is 48.7 Å². The maximum absolute atomic E-state index is 9.05. The molecule has 0 amide bonds. The summed E-state index contributed by atoms with van der Waals surface area (Å²) in [4.78, 5) is 4.72. The number of pyridine rings is 1. The minimum Gasteiger partial charge on any atom is -0.396 e. The molecule has 0 aliphatic carbocycles. The normalized spacial score (nSPS) is 11.0. The minimum absolute atomic E-state index is 0.162. The molecule has 0 saturated carbocycles. The summed E-state index contributed by atoms with van der Waals surface area (Å²) in [5.74, 6) is 0. The van der Waals surface area contributed by atoms with Crippen LogP contribution >= 0.6 is 11.6 Å². The van der Waals surface area contributed by atoms with E-state index in [1.165, 1.54) is 0 Å². The monoisotopic (exact) mass is 297 g/mol. The number of halogens is 1. The van der Waals surface area contributed by atoms with Gasteiger partial charge >= 0.3 is 0 Å². The molecule has 1 aromatic heterocycles. The van der Waals surface area contributed by atoms with E-state index in [1.807, 2.05) is 36.4 Å². The number of fused-ring (bicyclic) bond motifs is 1. The summed E-state index contributed by atoms with van der Waals surface area (Å²) < 4.78 is 0. The maximum atomic E-state index is 9.05. The van der Waals surface area contributed by atoms with Crippen LogP contribution < -0.4 is 0 Å². The molecule has 3 rings (SSSR count). The average Bonchev–Trinajstić information content (AvgIpc) is 2.48. The molecule has 0 aliphatic heterocycles. The molecule has 0 spiro atoms. The van der Waals surface area contributed by atoms with Crippen molar-refractivity contribution in [1.82, 2.24) is 4.98 Å². The molecule has 0 fully saturated rings. The van der Waals surface area contributed by atoms with Gasteiger partial charge in [0.25, 0.3) is 0 Å². The molecule has 106 valence electrons. The van der Waals surface area contributed by atoms with Crippen molar-refractivity contribution in [3.05, 3.63) is 64.7 Å². The smallest absolute Gasteiger partial charge is 0.0727 e. The lowest BCUT2D eigenvalue weighted by Crippen LogP contribution is -1.93. The Kier molecular flexibility index (Phi) is 3.91. The van der Waals surface area contributed by atoms with Crippen molar-refractivity contribution in [3.63, 3.8) is 0 Å². The van der Waals surface area contributed by atoms with Gasteiger partial charge in [0.05, 0.1) is 11.2 Å². The largest absolute Gasteiger partial charge is 0.396 e. The lowest BCUT2D eigenvalue weighted by Gasteiger charge is -2.09. The first kappa shape index (κ1) is 14.1. The summed E-state index contributed by atoms with van der Waals surface area (Å²) >= 11 is 6.26. The van der Waals surface area contributed by atoms with Crippen LogP contribution in [-0.4, -0.2) is 16.7 Å². The van der Waals surface area contributed by atoms with Gasteiger partial charge in [0.2, 0.25) is 0 Å². The van der Waals surface area contributed by atoms with Crippen LogP contribution in [0.4, 0.5) is 0 Å². The third kappa shape index (κ3) is 2.78. The number of aliphatic hydroxyl groups excluding tert-OH is 1. The van der Waals surface area contributed by atoms with Crippen LogP contribution in [-0.2, 0) is 6.42 Å². The Bertz CT molecular complexity index is 798. The topological polar surface area (TPSA) is 33.1 Å². The third-order valence-corrected chi connectivity index (χ3v) is 3.96. The van der Waals surface area contributed by atoms with Crippen molar-refractivity contribution >= 4 is 22.5 Å². The van der Waals surface area contributed by atoms with Gasteiger partial charge in [0.15, 0.2) is 0 Å². The lowest BCUT2D eigenvalue weighted by atomic mass is 10.0. The highest BCUT2D eigenvalue weighted by Crippen LogP contribution is 2.29. The van der Waals surface area contributed by atoms with E-state index in [-0.39, 0.29) is 6.61 Å². The van der Waals surface area contributed by atoms with Crippen molar-refractivity contribution in [2.24, 2.45) is 0 Å². The van der Waals surface area contributed by atoms with Crippen LogP contribution in [0.15, 0.2) is 48.5 Å². The number of aliphatic hydroxyl groups is 1. The van der Waals surface area contributed by atoms with E-state index in [0.717, 1.165) is 33.3 Å². The number of benzene rings is 2. The predicted molar refractivity (Wildman–Crippen MR) is 87.7 cm³/mol. The van der Waals surface area contributed by atoms with Crippen molar-refractivity contribution in [3.8, 4) is 11.3 Å². The summed E-state index contributed by atoms with van der Waals surface area (Å²) in [6, 6.07) is 15.9. The van der Waals surface area contributed by atoms with Crippen LogP contribution in [0, 0.1) is 6.92 Å². The lowest BCUT2D eigenvalue weighted by molar-refractivity contribution is 0.299. The van der Waals surface area contributed by atoms with Crippen LogP contribution in [0.3, 0.4) is 0 Å². The Morgan fingerprint density at radius 2 is 1.90 bits per heavy atom. The van der Waals surface area contributed by atoms with Crippen molar-refractivity contribution in [1.29, 1.82) is 0 Å². The average molecular weight is 298 g/mol. The molecule has 0 saturated heterocycles. The SMILES string of the molecule is Cc1cc(-c2ccccc2Cl)nc2ccc(CCO)cc12. The zero-order chi connectivity index (χ0) is 14.8. The van der Waals surface area contributed by atoms with Gasteiger partial charge in [-0.1, -0.05) is 35.9 Å². The number of aryl methyl sites for hydroxylation is 1. The van der Waals surface area contributed by atoms with Gasteiger partial charge in [-0.3, -0.25) is 0 Å². The van der Waals surface area contributed by atoms with Crippen molar-refractivity contribution in [2.75, 3.05) is 6.61 Å². The molecule has 21 heavy (non-hydrogen) atoms. The van der Waals surface area contributed by atoms with Gasteiger partial charge in [0.1, 0.15) is 0 Å².